The maximum atomic E-state index is 13.1. The number of para-hydroxylation sites is 1. The summed E-state index contributed by atoms with van der Waals surface area (Å²) < 4.78 is 12.2. The molecule has 1 amide bonds. The maximum absolute atomic E-state index is 13.1. The molecule has 0 unspecified atom stereocenters. The number of methoxy groups -OCH3 is 2. The molecule has 0 radical (unpaired) electrons. The summed E-state index contributed by atoms with van der Waals surface area (Å²) in [7, 11) is 2.85. The largest absolute Gasteiger partial charge is 0.496 e. The number of nitrogens with one attached hydrogen (secondary N) is 1. The molecule has 0 saturated heterocycles. The zero-order valence-electron chi connectivity index (χ0n) is 18.3. The van der Waals surface area contributed by atoms with Crippen LogP contribution in [0.25, 0.3) is 10.9 Å². The number of fused-ring (bicyclic) bond motifs is 1. The van der Waals surface area contributed by atoms with Gasteiger partial charge in [-0.3, -0.25) is 4.79 Å². The van der Waals surface area contributed by atoms with E-state index in [1.807, 2.05) is 54.7 Å². The summed E-state index contributed by atoms with van der Waals surface area (Å²) in [6.45, 7) is 0.867. The van der Waals surface area contributed by atoms with Gasteiger partial charge in [-0.1, -0.05) is 41.9 Å². The van der Waals surface area contributed by atoms with E-state index in [1.54, 1.807) is 18.2 Å². The van der Waals surface area contributed by atoms with Gasteiger partial charge in [0.1, 0.15) is 5.75 Å². The van der Waals surface area contributed by atoms with Crippen LogP contribution < -0.4 is 10.1 Å². The first-order valence-corrected chi connectivity index (χ1v) is 10.7. The average molecular weight is 463 g/mol. The number of halogens is 1. The second kappa shape index (κ2) is 9.79. The first-order valence-electron chi connectivity index (χ1n) is 10.4. The van der Waals surface area contributed by atoms with E-state index in [0.29, 0.717) is 28.4 Å². The molecule has 6 nitrogen and oxygen atoms in total. The van der Waals surface area contributed by atoms with Crippen molar-refractivity contribution in [3.63, 3.8) is 0 Å². The van der Waals surface area contributed by atoms with Crippen molar-refractivity contribution >= 4 is 34.4 Å². The van der Waals surface area contributed by atoms with Crippen molar-refractivity contribution in [1.29, 1.82) is 0 Å². The Morgan fingerprint density at radius 1 is 1.00 bits per heavy atom. The van der Waals surface area contributed by atoms with E-state index in [9.17, 15) is 9.59 Å². The Hall–Kier alpha value is -3.77. The van der Waals surface area contributed by atoms with Crippen molar-refractivity contribution in [2.45, 2.75) is 13.1 Å². The van der Waals surface area contributed by atoms with Crippen molar-refractivity contribution in [3.8, 4) is 5.75 Å². The normalized spacial score (nSPS) is 10.8. The highest BCUT2D eigenvalue weighted by Gasteiger charge is 2.15. The monoisotopic (exact) mass is 462 g/mol. The number of nitrogens with zero attached hydrogens (tertiary/aromatic N) is 1. The second-order valence-corrected chi connectivity index (χ2v) is 7.95. The van der Waals surface area contributed by atoms with Crippen molar-refractivity contribution in [2.24, 2.45) is 0 Å². The molecule has 7 heteroatoms. The van der Waals surface area contributed by atoms with Crippen LogP contribution in [-0.4, -0.2) is 30.7 Å². The van der Waals surface area contributed by atoms with E-state index < -0.39 is 5.97 Å². The molecule has 0 atom stereocenters. The van der Waals surface area contributed by atoms with Gasteiger partial charge in [0.05, 0.1) is 30.9 Å². The summed E-state index contributed by atoms with van der Waals surface area (Å²) in [6, 6.07) is 20.3. The lowest BCUT2D eigenvalue weighted by molar-refractivity contribution is 0.0600. The summed E-state index contributed by atoms with van der Waals surface area (Å²) in [5.41, 5.74) is 3.66. The van der Waals surface area contributed by atoms with Crippen LogP contribution in [0.15, 0.2) is 72.9 Å². The molecule has 0 spiro atoms. The van der Waals surface area contributed by atoms with E-state index in [1.165, 1.54) is 14.2 Å². The maximum Gasteiger partial charge on any atom is 0.337 e. The number of esters is 1. The Balaban J connectivity index is 1.57. The Bertz CT molecular complexity index is 1310. The minimum atomic E-state index is -0.447. The number of carbonyl (C=O) groups excluding carboxylic acids is 2. The van der Waals surface area contributed by atoms with E-state index in [-0.39, 0.29) is 12.5 Å². The van der Waals surface area contributed by atoms with Crippen LogP contribution in [0.4, 0.5) is 0 Å². The molecule has 1 heterocycles. The average Bonchev–Trinajstić information content (AvgIpc) is 3.26. The highest BCUT2D eigenvalue weighted by Crippen LogP contribution is 2.24. The summed E-state index contributed by atoms with van der Waals surface area (Å²) in [5, 5.41) is 4.64. The van der Waals surface area contributed by atoms with Crippen LogP contribution in [0, 0.1) is 0 Å². The molecule has 0 aliphatic heterocycles. The van der Waals surface area contributed by atoms with Gasteiger partial charge in [0, 0.05) is 35.3 Å². The Morgan fingerprint density at radius 2 is 1.79 bits per heavy atom. The fraction of sp³-hybridized carbons (Fsp3) is 0.154. The van der Waals surface area contributed by atoms with Crippen LogP contribution >= 0.6 is 11.6 Å². The lowest BCUT2D eigenvalue weighted by atomic mass is 10.1. The topological polar surface area (TPSA) is 69.6 Å². The minimum absolute atomic E-state index is 0.198. The first kappa shape index (κ1) is 22.4. The van der Waals surface area contributed by atoms with Gasteiger partial charge < -0.3 is 19.4 Å². The third-order valence-electron chi connectivity index (χ3n) is 5.45. The fourth-order valence-corrected chi connectivity index (χ4v) is 3.89. The molecular weight excluding hydrogens is 440 g/mol. The van der Waals surface area contributed by atoms with E-state index in [4.69, 9.17) is 21.1 Å². The molecule has 168 valence electrons. The van der Waals surface area contributed by atoms with Gasteiger partial charge in [-0.15, -0.1) is 0 Å². The number of hydrogen-bond donors (Lipinski definition) is 1. The van der Waals surface area contributed by atoms with Crippen molar-refractivity contribution in [1.82, 2.24) is 9.88 Å². The number of aromatic nitrogens is 1. The van der Waals surface area contributed by atoms with Crippen LogP contribution in [0.3, 0.4) is 0 Å². The molecule has 33 heavy (non-hydrogen) atoms. The number of ether oxygens (including phenoxy) is 2. The predicted molar refractivity (Wildman–Crippen MR) is 128 cm³/mol. The SMILES string of the molecule is COC(=O)c1ccc(CNC(=O)c2cccc3ccn(Cc4ccc(Cl)cc4)c23)c(OC)c1. The lowest BCUT2D eigenvalue weighted by Gasteiger charge is -2.13. The molecule has 4 rings (SSSR count). The van der Waals surface area contributed by atoms with E-state index >= 15 is 0 Å². The van der Waals surface area contributed by atoms with Crippen molar-refractivity contribution < 1.29 is 19.1 Å². The Labute approximate surface area is 196 Å². The molecule has 0 saturated carbocycles. The third kappa shape index (κ3) is 4.86. The quantitative estimate of drug-likeness (QED) is 0.389. The van der Waals surface area contributed by atoms with Crippen molar-refractivity contribution in [2.75, 3.05) is 14.2 Å². The number of hydrogen-bond acceptors (Lipinski definition) is 4. The molecule has 1 aromatic heterocycles. The fourth-order valence-electron chi connectivity index (χ4n) is 3.77. The molecule has 3 aromatic carbocycles. The minimum Gasteiger partial charge on any atom is -0.496 e. The van der Waals surface area contributed by atoms with Crippen molar-refractivity contribution in [3.05, 3.63) is 100 Å². The van der Waals surface area contributed by atoms with Gasteiger partial charge in [0.15, 0.2) is 0 Å². The molecular formula is C26H23ClN2O4. The molecule has 0 bridgehead atoms. The predicted octanol–water partition coefficient (Wildman–Crippen LogP) is 5.07. The van der Waals surface area contributed by atoms with E-state index in [0.717, 1.165) is 22.0 Å². The molecule has 0 fully saturated rings. The van der Waals surface area contributed by atoms with E-state index in [2.05, 4.69) is 9.88 Å². The highest BCUT2D eigenvalue weighted by atomic mass is 35.5. The standard InChI is InChI=1S/C26H23ClN2O4/c1-32-23-14-19(26(31)33-2)8-9-20(23)15-28-25(30)22-5-3-4-18-12-13-29(24(18)22)16-17-6-10-21(27)11-7-17/h3-14H,15-16H2,1-2H3,(H,28,30). The van der Waals surface area contributed by atoms with Crippen LogP contribution in [0.1, 0.15) is 31.8 Å². The molecule has 4 aromatic rings. The Kier molecular flexibility index (Phi) is 6.66. The molecule has 0 aliphatic rings. The number of benzene rings is 3. The second-order valence-electron chi connectivity index (χ2n) is 7.51. The van der Waals surface area contributed by atoms with Gasteiger partial charge in [0.25, 0.3) is 5.91 Å². The zero-order chi connectivity index (χ0) is 23.4. The van der Waals surface area contributed by atoms with Gasteiger partial charge in [0.2, 0.25) is 0 Å². The van der Waals surface area contributed by atoms with Gasteiger partial charge in [-0.05, 0) is 42.0 Å². The lowest BCUT2D eigenvalue weighted by Crippen LogP contribution is -2.24. The van der Waals surface area contributed by atoms with Crippen LogP contribution in [0.5, 0.6) is 5.75 Å². The summed E-state index contributed by atoms with van der Waals surface area (Å²) in [6.07, 6.45) is 1.98. The molecule has 1 N–H and O–H groups in total. The highest BCUT2D eigenvalue weighted by molar-refractivity contribution is 6.30. The van der Waals surface area contributed by atoms with Gasteiger partial charge in [-0.25, -0.2) is 4.79 Å². The van der Waals surface area contributed by atoms with Crippen LogP contribution in [-0.2, 0) is 17.8 Å². The van der Waals surface area contributed by atoms with Gasteiger partial charge >= 0.3 is 5.97 Å². The number of carbonyl (C=O) groups is 2. The summed E-state index contributed by atoms with van der Waals surface area (Å²) >= 11 is 6.00. The Morgan fingerprint density at radius 3 is 2.52 bits per heavy atom. The smallest absolute Gasteiger partial charge is 0.337 e. The zero-order valence-corrected chi connectivity index (χ0v) is 19.1. The van der Waals surface area contributed by atoms with Crippen LogP contribution in [0.2, 0.25) is 5.02 Å². The summed E-state index contributed by atoms with van der Waals surface area (Å²) in [4.78, 5) is 24.9. The summed E-state index contributed by atoms with van der Waals surface area (Å²) in [5.74, 6) is -0.143. The van der Waals surface area contributed by atoms with Gasteiger partial charge in [-0.2, -0.15) is 0 Å². The number of amides is 1. The third-order valence-corrected chi connectivity index (χ3v) is 5.70. The number of rotatable bonds is 7. The molecule has 0 aliphatic carbocycles. The first-order chi connectivity index (χ1) is 16.0.